The molecule has 1 saturated heterocycles. The molecule has 0 radical (unpaired) electrons. The van der Waals surface area contributed by atoms with Crippen LogP contribution in [0.25, 0.3) is 0 Å². The Morgan fingerprint density at radius 1 is 1.35 bits per heavy atom. The summed E-state index contributed by atoms with van der Waals surface area (Å²) in [6.45, 7) is 2.29. The van der Waals surface area contributed by atoms with Gasteiger partial charge in [0.05, 0.1) is 4.47 Å². The first-order valence-corrected chi connectivity index (χ1v) is 8.83. The third-order valence-corrected chi connectivity index (χ3v) is 6.19. The van der Waals surface area contributed by atoms with Gasteiger partial charge in [0.2, 0.25) is 10.0 Å². The van der Waals surface area contributed by atoms with Gasteiger partial charge in [-0.2, -0.15) is 4.31 Å². The van der Waals surface area contributed by atoms with Gasteiger partial charge in [-0.1, -0.05) is 12.8 Å². The maximum Gasteiger partial charge on any atom is 0.246 e. The van der Waals surface area contributed by atoms with Gasteiger partial charge in [-0.05, 0) is 47.8 Å². The molecular formula is C13H18BrFN2O2S. The summed E-state index contributed by atoms with van der Waals surface area (Å²) >= 11 is 3.01. The number of anilines is 1. The second-order valence-corrected chi connectivity index (χ2v) is 7.84. The molecular weight excluding hydrogens is 347 g/mol. The van der Waals surface area contributed by atoms with Crippen molar-refractivity contribution in [3.05, 3.63) is 22.4 Å². The first-order chi connectivity index (χ1) is 9.34. The van der Waals surface area contributed by atoms with Crippen LogP contribution in [0, 0.1) is 5.82 Å². The first-order valence-electron chi connectivity index (χ1n) is 6.60. The van der Waals surface area contributed by atoms with E-state index in [9.17, 15) is 12.8 Å². The van der Waals surface area contributed by atoms with E-state index in [2.05, 4.69) is 15.9 Å². The van der Waals surface area contributed by atoms with Gasteiger partial charge in [0.1, 0.15) is 4.90 Å². The average Bonchev–Trinajstić information content (AvgIpc) is 2.58. The second-order valence-electron chi connectivity index (χ2n) is 5.13. The van der Waals surface area contributed by atoms with Crippen molar-refractivity contribution in [3.8, 4) is 0 Å². The lowest BCUT2D eigenvalue weighted by Gasteiger charge is -2.26. The number of hydrogen-bond acceptors (Lipinski definition) is 3. The number of nitrogen functional groups attached to an aromatic ring is 1. The van der Waals surface area contributed by atoms with E-state index in [1.54, 1.807) is 0 Å². The van der Waals surface area contributed by atoms with Gasteiger partial charge in [0, 0.05) is 18.3 Å². The summed E-state index contributed by atoms with van der Waals surface area (Å²) in [5, 5.41) is 0. The topological polar surface area (TPSA) is 63.4 Å². The third-order valence-electron chi connectivity index (χ3n) is 3.60. The molecule has 1 aliphatic rings. The van der Waals surface area contributed by atoms with Crippen molar-refractivity contribution in [2.75, 3.05) is 12.3 Å². The molecule has 112 valence electrons. The number of benzene rings is 1. The average molecular weight is 365 g/mol. The van der Waals surface area contributed by atoms with Gasteiger partial charge in [0.15, 0.2) is 5.82 Å². The van der Waals surface area contributed by atoms with Gasteiger partial charge in [-0.15, -0.1) is 0 Å². The van der Waals surface area contributed by atoms with Crippen LogP contribution in [0.1, 0.15) is 32.6 Å². The summed E-state index contributed by atoms with van der Waals surface area (Å²) < 4.78 is 41.0. The minimum absolute atomic E-state index is 0.0681. The maximum absolute atomic E-state index is 14.2. The molecule has 1 unspecified atom stereocenters. The Balaban J connectivity index is 2.49. The van der Waals surface area contributed by atoms with Crippen LogP contribution in [0.2, 0.25) is 0 Å². The van der Waals surface area contributed by atoms with Crippen molar-refractivity contribution in [1.29, 1.82) is 0 Å². The lowest BCUT2D eigenvalue weighted by Crippen LogP contribution is -2.38. The van der Waals surface area contributed by atoms with E-state index < -0.39 is 15.8 Å². The Kier molecular flexibility index (Phi) is 4.71. The van der Waals surface area contributed by atoms with Crippen LogP contribution in [0.15, 0.2) is 21.5 Å². The molecule has 7 heteroatoms. The highest BCUT2D eigenvalue weighted by atomic mass is 79.9. The molecule has 0 aromatic heterocycles. The van der Waals surface area contributed by atoms with Gasteiger partial charge >= 0.3 is 0 Å². The normalized spacial score (nSPS) is 21.6. The molecule has 1 fully saturated rings. The van der Waals surface area contributed by atoms with E-state index in [0.717, 1.165) is 25.7 Å². The van der Waals surface area contributed by atoms with Gasteiger partial charge in [0.25, 0.3) is 0 Å². The molecule has 2 N–H and O–H groups in total. The van der Waals surface area contributed by atoms with Crippen LogP contribution in [0.3, 0.4) is 0 Å². The van der Waals surface area contributed by atoms with E-state index in [4.69, 9.17) is 5.73 Å². The SMILES string of the molecule is CC1CCCCCN1S(=O)(=O)c1cc(N)cc(Br)c1F. The fourth-order valence-electron chi connectivity index (χ4n) is 2.50. The lowest BCUT2D eigenvalue weighted by molar-refractivity contribution is 0.340. The predicted molar refractivity (Wildman–Crippen MR) is 80.3 cm³/mol. The number of nitrogens with two attached hydrogens (primary N) is 1. The van der Waals surface area contributed by atoms with Crippen molar-refractivity contribution in [2.24, 2.45) is 0 Å². The first kappa shape index (κ1) is 15.7. The maximum atomic E-state index is 14.2. The fourth-order valence-corrected chi connectivity index (χ4v) is 4.94. The highest BCUT2D eigenvalue weighted by Gasteiger charge is 2.32. The fraction of sp³-hybridized carbons (Fsp3) is 0.538. The molecule has 0 spiro atoms. The Labute approximate surface area is 127 Å². The molecule has 0 saturated carbocycles. The number of halogens is 2. The molecule has 0 amide bonds. The van der Waals surface area contributed by atoms with E-state index in [1.165, 1.54) is 16.4 Å². The van der Waals surface area contributed by atoms with Crippen molar-refractivity contribution >= 4 is 31.6 Å². The van der Waals surface area contributed by atoms with Crippen LogP contribution in [0.5, 0.6) is 0 Å². The van der Waals surface area contributed by atoms with Crippen LogP contribution in [-0.2, 0) is 10.0 Å². The Morgan fingerprint density at radius 2 is 2.05 bits per heavy atom. The molecule has 1 aromatic rings. The Bertz CT molecular complexity index is 607. The van der Waals surface area contributed by atoms with Crippen molar-refractivity contribution in [1.82, 2.24) is 4.31 Å². The van der Waals surface area contributed by atoms with E-state index in [1.807, 2.05) is 6.92 Å². The standard InChI is InChI=1S/C13H18BrFN2O2S/c1-9-5-3-2-4-6-17(9)20(18,19)12-8-10(16)7-11(14)13(12)15/h7-9H,2-6,16H2,1H3. The Hall–Kier alpha value is -0.660. The summed E-state index contributed by atoms with van der Waals surface area (Å²) in [5.74, 6) is -0.782. The zero-order valence-electron chi connectivity index (χ0n) is 11.3. The number of sulfonamides is 1. The van der Waals surface area contributed by atoms with Crippen LogP contribution in [0.4, 0.5) is 10.1 Å². The van der Waals surface area contributed by atoms with Crippen LogP contribution >= 0.6 is 15.9 Å². The number of hydrogen-bond donors (Lipinski definition) is 1. The summed E-state index contributed by atoms with van der Waals surface area (Å²) in [4.78, 5) is -0.349. The molecule has 1 aliphatic heterocycles. The molecule has 1 atom stereocenters. The molecule has 2 rings (SSSR count). The summed E-state index contributed by atoms with van der Waals surface area (Å²) in [5.41, 5.74) is 5.86. The quantitative estimate of drug-likeness (QED) is 0.819. The number of nitrogens with zero attached hydrogens (tertiary/aromatic N) is 1. The highest BCUT2D eigenvalue weighted by Crippen LogP contribution is 2.31. The molecule has 4 nitrogen and oxygen atoms in total. The lowest BCUT2D eigenvalue weighted by atomic mass is 10.1. The van der Waals surface area contributed by atoms with Crippen LogP contribution < -0.4 is 5.73 Å². The molecule has 0 aliphatic carbocycles. The summed E-state index contributed by atoms with van der Waals surface area (Å²) in [6.07, 6.45) is 3.59. The minimum Gasteiger partial charge on any atom is -0.399 e. The van der Waals surface area contributed by atoms with Gasteiger partial charge in [-0.25, -0.2) is 12.8 Å². The monoisotopic (exact) mass is 364 g/mol. The minimum atomic E-state index is -3.86. The summed E-state index contributed by atoms with van der Waals surface area (Å²) in [6, 6.07) is 2.43. The third kappa shape index (κ3) is 2.99. The van der Waals surface area contributed by atoms with Crippen molar-refractivity contribution < 1.29 is 12.8 Å². The van der Waals surface area contributed by atoms with Crippen LogP contribution in [-0.4, -0.2) is 25.3 Å². The molecule has 1 heterocycles. The zero-order chi connectivity index (χ0) is 14.9. The van der Waals surface area contributed by atoms with E-state index in [-0.39, 0.29) is 21.1 Å². The Morgan fingerprint density at radius 3 is 2.75 bits per heavy atom. The van der Waals surface area contributed by atoms with Crippen molar-refractivity contribution in [3.63, 3.8) is 0 Å². The van der Waals surface area contributed by atoms with E-state index >= 15 is 0 Å². The highest BCUT2D eigenvalue weighted by molar-refractivity contribution is 9.10. The smallest absolute Gasteiger partial charge is 0.246 e. The van der Waals surface area contributed by atoms with E-state index in [0.29, 0.717) is 6.54 Å². The molecule has 0 bridgehead atoms. The van der Waals surface area contributed by atoms with Crippen molar-refractivity contribution in [2.45, 2.75) is 43.5 Å². The predicted octanol–water partition coefficient (Wildman–Crippen LogP) is 3.12. The second kappa shape index (κ2) is 5.99. The van der Waals surface area contributed by atoms with Gasteiger partial charge < -0.3 is 5.73 Å². The molecule has 1 aromatic carbocycles. The van der Waals surface area contributed by atoms with Gasteiger partial charge in [-0.3, -0.25) is 0 Å². The largest absolute Gasteiger partial charge is 0.399 e. The summed E-state index contributed by atoms with van der Waals surface area (Å²) in [7, 11) is -3.86. The molecule has 20 heavy (non-hydrogen) atoms. The zero-order valence-corrected chi connectivity index (χ0v) is 13.7. The number of rotatable bonds is 2.